The zero-order valence-electron chi connectivity index (χ0n) is 6.76. The molecule has 1 saturated carbocycles. The highest BCUT2D eigenvalue weighted by molar-refractivity contribution is 8.00. The van der Waals surface area contributed by atoms with Crippen LogP contribution in [0.25, 0.3) is 0 Å². The molecule has 1 fully saturated rings. The monoisotopic (exact) mass is 172 g/mol. The van der Waals surface area contributed by atoms with E-state index in [9.17, 15) is 4.79 Å². The van der Waals surface area contributed by atoms with Crippen LogP contribution in [0.5, 0.6) is 0 Å². The molecule has 1 aliphatic carbocycles. The molecule has 0 aromatic carbocycles. The van der Waals surface area contributed by atoms with E-state index in [1.54, 1.807) is 18.7 Å². The minimum Gasteiger partial charge on any atom is -0.478 e. The van der Waals surface area contributed by atoms with Gasteiger partial charge in [0.15, 0.2) is 0 Å². The summed E-state index contributed by atoms with van der Waals surface area (Å²) < 4.78 is 0.169. The van der Waals surface area contributed by atoms with Crippen LogP contribution < -0.4 is 0 Å². The van der Waals surface area contributed by atoms with Crippen molar-refractivity contribution < 1.29 is 9.90 Å². The fraction of sp³-hybridized carbons (Fsp3) is 0.625. The van der Waals surface area contributed by atoms with Gasteiger partial charge in [0.1, 0.15) is 0 Å². The molecule has 1 aliphatic rings. The molecule has 0 atom stereocenters. The number of thioether (sulfide) groups is 1. The zero-order chi connectivity index (χ0) is 8.48. The zero-order valence-corrected chi connectivity index (χ0v) is 7.57. The van der Waals surface area contributed by atoms with Crippen LogP contribution in [0.2, 0.25) is 0 Å². The van der Waals surface area contributed by atoms with Crippen molar-refractivity contribution in [2.24, 2.45) is 0 Å². The molecule has 62 valence electrons. The SMILES string of the molecule is CSC1(/C=C(/C)C(=O)O)CC1. The van der Waals surface area contributed by atoms with E-state index in [2.05, 4.69) is 0 Å². The molecular formula is C8H12O2S. The largest absolute Gasteiger partial charge is 0.478 e. The van der Waals surface area contributed by atoms with Gasteiger partial charge in [-0.3, -0.25) is 0 Å². The van der Waals surface area contributed by atoms with E-state index in [0.29, 0.717) is 5.57 Å². The Morgan fingerprint density at radius 3 is 2.45 bits per heavy atom. The highest BCUT2D eigenvalue weighted by atomic mass is 32.2. The third-order valence-corrected chi connectivity index (χ3v) is 3.31. The van der Waals surface area contributed by atoms with Crippen LogP contribution in [-0.2, 0) is 4.79 Å². The van der Waals surface area contributed by atoms with Gasteiger partial charge in [-0.2, -0.15) is 11.8 Å². The molecule has 0 aromatic heterocycles. The molecule has 0 unspecified atom stereocenters. The van der Waals surface area contributed by atoms with Crippen molar-refractivity contribution in [3.05, 3.63) is 11.6 Å². The lowest BCUT2D eigenvalue weighted by Gasteiger charge is -2.04. The second kappa shape index (κ2) is 2.89. The molecule has 0 saturated heterocycles. The van der Waals surface area contributed by atoms with Crippen molar-refractivity contribution in [3.8, 4) is 0 Å². The van der Waals surface area contributed by atoms with E-state index in [1.165, 1.54) is 0 Å². The van der Waals surface area contributed by atoms with Crippen LogP contribution >= 0.6 is 11.8 Å². The fourth-order valence-electron chi connectivity index (χ4n) is 0.987. The van der Waals surface area contributed by atoms with Crippen molar-refractivity contribution in [2.75, 3.05) is 6.26 Å². The normalized spacial score (nSPS) is 21.5. The Morgan fingerprint density at radius 1 is 1.64 bits per heavy atom. The third-order valence-electron chi connectivity index (χ3n) is 1.97. The van der Waals surface area contributed by atoms with Gasteiger partial charge < -0.3 is 5.11 Å². The van der Waals surface area contributed by atoms with Crippen LogP contribution in [0.15, 0.2) is 11.6 Å². The van der Waals surface area contributed by atoms with Gasteiger partial charge in [0.25, 0.3) is 0 Å². The van der Waals surface area contributed by atoms with Crippen molar-refractivity contribution in [2.45, 2.75) is 24.5 Å². The average Bonchev–Trinajstić information content (AvgIpc) is 2.69. The maximum atomic E-state index is 10.4. The minimum atomic E-state index is -0.801. The first-order valence-corrected chi connectivity index (χ1v) is 4.80. The molecule has 0 heterocycles. The topological polar surface area (TPSA) is 37.3 Å². The number of rotatable bonds is 3. The summed E-state index contributed by atoms with van der Waals surface area (Å²) in [5.74, 6) is -0.801. The first-order valence-electron chi connectivity index (χ1n) is 3.57. The Labute approximate surface area is 70.7 Å². The summed E-state index contributed by atoms with van der Waals surface area (Å²) in [5, 5.41) is 8.59. The van der Waals surface area contributed by atoms with Gasteiger partial charge in [-0.1, -0.05) is 6.08 Å². The van der Waals surface area contributed by atoms with Gasteiger partial charge in [-0.15, -0.1) is 0 Å². The van der Waals surface area contributed by atoms with Crippen molar-refractivity contribution >= 4 is 17.7 Å². The van der Waals surface area contributed by atoms with Gasteiger partial charge in [0.05, 0.1) is 0 Å². The summed E-state index contributed by atoms with van der Waals surface area (Å²) in [4.78, 5) is 10.4. The summed E-state index contributed by atoms with van der Waals surface area (Å²) in [5.41, 5.74) is 0.469. The molecule has 2 nitrogen and oxygen atoms in total. The number of hydrogen-bond acceptors (Lipinski definition) is 2. The Bertz CT molecular complexity index is 204. The quantitative estimate of drug-likeness (QED) is 0.661. The highest BCUT2D eigenvalue weighted by Crippen LogP contribution is 2.48. The summed E-state index contributed by atoms with van der Waals surface area (Å²) in [6.45, 7) is 1.65. The van der Waals surface area contributed by atoms with Gasteiger partial charge in [0.2, 0.25) is 0 Å². The average molecular weight is 172 g/mol. The predicted molar refractivity (Wildman–Crippen MR) is 46.9 cm³/mol. The number of hydrogen-bond donors (Lipinski definition) is 1. The molecule has 0 aliphatic heterocycles. The molecular weight excluding hydrogens is 160 g/mol. The van der Waals surface area contributed by atoms with Crippen LogP contribution in [0.1, 0.15) is 19.8 Å². The van der Waals surface area contributed by atoms with Crippen molar-refractivity contribution in [1.82, 2.24) is 0 Å². The van der Waals surface area contributed by atoms with Crippen LogP contribution in [0.3, 0.4) is 0 Å². The third kappa shape index (κ3) is 1.99. The fourth-order valence-corrected chi connectivity index (χ4v) is 1.79. The predicted octanol–water partition coefficient (Wildman–Crippen LogP) is 1.91. The van der Waals surface area contributed by atoms with Gasteiger partial charge in [0, 0.05) is 10.3 Å². The first-order chi connectivity index (χ1) is 5.09. The molecule has 1 N–H and O–H groups in total. The second-order valence-corrected chi connectivity index (χ2v) is 4.12. The van der Waals surface area contributed by atoms with E-state index in [1.807, 2.05) is 12.3 Å². The van der Waals surface area contributed by atoms with Crippen LogP contribution in [0, 0.1) is 0 Å². The Hall–Kier alpha value is -0.440. The summed E-state index contributed by atoms with van der Waals surface area (Å²) in [6.07, 6.45) is 6.15. The molecule has 0 aromatic rings. The minimum absolute atomic E-state index is 0.169. The first kappa shape index (κ1) is 8.65. The van der Waals surface area contributed by atoms with E-state index in [0.717, 1.165) is 12.8 Å². The van der Waals surface area contributed by atoms with Crippen molar-refractivity contribution in [1.29, 1.82) is 0 Å². The van der Waals surface area contributed by atoms with Crippen LogP contribution in [-0.4, -0.2) is 22.1 Å². The lowest BCUT2D eigenvalue weighted by atomic mass is 10.2. The summed E-state index contributed by atoms with van der Waals surface area (Å²) in [7, 11) is 0. The van der Waals surface area contributed by atoms with E-state index >= 15 is 0 Å². The lowest BCUT2D eigenvalue weighted by molar-refractivity contribution is -0.132. The maximum Gasteiger partial charge on any atom is 0.330 e. The molecule has 3 heteroatoms. The molecule has 0 radical (unpaired) electrons. The Morgan fingerprint density at radius 2 is 2.18 bits per heavy atom. The molecule has 0 amide bonds. The van der Waals surface area contributed by atoms with E-state index in [-0.39, 0.29) is 4.75 Å². The lowest BCUT2D eigenvalue weighted by Crippen LogP contribution is -2.03. The van der Waals surface area contributed by atoms with Gasteiger partial charge in [-0.25, -0.2) is 4.79 Å². The number of carboxylic acids is 1. The smallest absolute Gasteiger partial charge is 0.330 e. The number of aliphatic carboxylic acids is 1. The number of carbonyl (C=O) groups is 1. The molecule has 1 rings (SSSR count). The Kier molecular flexibility index (Phi) is 2.28. The van der Waals surface area contributed by atoms with E-state index in [4.69, 9.17) is 5.11 Å². The maximum absolute atomic E-state index is 10.4. The molecule has 0 spiro atoms. The second-order valence-electron chi connectivity index (χ2n) is 2.90. The van der Waals surface area contributed by atoms with Gasteiger partial charge >= 0.3 is 5.97 Å². The Balaban J connectivity index is 2.64. The molecule has 11 heavy (non-hydrogen) atoms. The van der Waals surface area contributed by atoms with Gasteiger partial charge in [-0.05, 0) is 26.0 Å². The standard InChI is InChI=1S/C8H12O2S/c1-6(7(9)10)5-8(11-2)3-4-8/h5H,3-4H2,1-2H3,(H,9,10)/b6-5-. The van der Waals surface area contributed by atoms with Crippen LogP contribution in [0.4, 0.5) is 0 Å². The van der Waals surface area contributed by atoms with E-state index < -0.39 is 5.97 Å². The highest BCUT2D eigenvalue weighted by Gasteiger charge is 2.40. The molecule has 0 bridgehead atoms. The number of carboxylic acid groups (broad SMARTS) is 1. The summed E-state index contributed by atoms with van der Waals surface area (Å²) >= 11 is 1.74. The van der Waals surface area contributed by atoms with Crippen molar-refractivity contribution in [3.63, 3.8) is 0 Å². The summed E-state index contributed by atoms with van der Waals surface area (Å²) in [6, 6.07) is 0.